The topological polar surface area (TPSA) is 41.6 Å². The molecule has 106 valence electrons. The lowest BCUT2D eigenvalue weighted by atomic mass is 9.84. The van der Waals surface area contributed by atoms with Gasteiger partial charge in [-0.2, -0.15) is 0 Å². The van der Waals surface area contributed by atoms with E-state index in [0.717, 1.165) is 26.2 Å². The lowest BCUT2D eigenvalue weighted by Crippen LogP contribution is -2.47. The summed E-state index contributed by atoms with van der Waals surface area (Å²) < 4.78 is 5.30. The van der Waals surface area contributed by atoms with Gasteiger partial charge in [0, 0.05) is 32.2 Å². The first-order chi connectivity index (χ1) is 8.31. The summed E-state index contributed by atoms with van der Waals surface area (Å²) in [5.41, 5.74) is 0.0747. The van der Waals surface area contributed by atoms with E-state index in [4.69, 9.17) is 4.74 Å². The largest absolute Gasteiger partial charge is 0.381 e. The third-order valence-corrected chi connectivity index (χ3v) is 3.77. The highest BCUT2D eigenvalue weighted by Crippen LogP contribution is 2.22. The van der Waals surface area contributed by atoms with Crippen LogP contribution in [-0.4, -0.2) is 50.7 Å². The Morgan fingerprint density at radius 3 is 2.67 bits per heavy atom. The molecule has 2 atom stereocenters. The molecule has 18 heavy (non-hydrogen) atoms. The molecule has 0 saturated carbocycles. The normalized spacial score (nSPS) is 22.2. The Labute approximate surface area is 111 Å². The number of carbonyl (C=O) groups excluding carboxylic acids is 1. The van der Waals surface area contributed by atoms with Crippen LogP contribution in [0, 0.1) is 11.3 Å². The molecule has 0 spiro atoms. The Kier molecular flexibility index (Phi) is 5.60. The Morgan fingerprint density at radius 1 is 1.50 bits per heavy atom. The standard InChI is InChI=1S/C14H28N2O2/c1-11(14(2,3)10-16(4)5)15-13(17)8-12-6-7-18-9-12/h11-12H,6-10H2,1-5H3,(H,15,17)/t11-,12+/m1/s1. The summed E-state index contributed by atoms with van der Waals surface area (Å²) in [5, 5.41) is 3.13. The van der Waals surface area contributed by atoms with Crippen molar-refractivity contribution in [2.45, 2.75) is 39.7 Å². The van der Waals surface area contributed by atoms with E-state index < -0.39 is 0 Å². The molecule has 1 saturated heterocycles. The summed E-state index contributed by atoms with van der Waals surface area (Å²) in [6.07, 6.45) is 1.62. The van der Waals surface area contributed by atoms with E-state index in [1.807, 2.05) is 0 Å². The Balaban J connectivity index is 2.37. The van der Waals surface area contributed by atoms with Crippen LogP contribution in [0.15, 0.2) is 0 Å². The number of amides is 1. The lowest BCUT2D eigenvalue weighted by Gasteiger charge is -2.35. The molecule has 0 aromatic rings. The van der Waals surface area contributed by atoms with Crippen LogP contribution in [-0.2, 0) is 9.53 Å². The summed E-state index contributed by atoms with van der Waals surface area (Å²) in [5.74, 6) is 0.569. The number of hydrogen-bond donors (Lipinski definition) is 1. The fraction of sp³-hybridized carbons (Fsp3) is 0.929. The highest BCUT2D eigenvalue weighted by Gasteiger charge is 2.28. The zero-order chi connectivity index (χ0) is 13.8. The molecular weight excluding hydrogens is 228 g/mol. The second-order valence-electron chi connectivity index (χ2n) is 6.45. The monoisotopic (exact) mass is 256 g/mol. The molecule has 1 heterocycles. The molecule has 0 bridgehead atoms. The molecule has 1 N–H and O–H groups in total. The van der Waals surface area contributed by atoms with Crippen molar-refractivity contribution in [3.63, 3.8) is 0 Å². The van der Waals surface area contributed by atoms with Crippen molar-refractivity contribution in [2.24, 2.45) is 11.3 Å². The second kappa shape index (κ2) is 6.53. The molecular formula is C14H28N2O2. The molecule has 1 aliphatic heterocycles. The fourth-order valence-electron chi connectivity index (χ4n) is 2.45. The third kappa shape index (κ3) is 4.94. The van der Waals surface area contributed by atoms with Gasteiger partial charge in [-0.25, -0.2) is 0 Å². The van der Waals surface area contributed by atoms with Crippen LogP contribution in [0.25, 0.3) is 0 Å². The number of nitrogens with zero attached hydrogens (tertiary/aromatic N) is 1. The van der Waals surface area contributed by atoms with Gasteiger partial charge in [0.05, 0.1) is 0 Å². The van der Waals surface area contributed by atoms with Crippen LogP contribution in [0.2, 0.25) is 0 Å². The lowest BCUT2D eigenvalue weighted by molar-refractivity contribution is -0.123. The molecule has 0 aromatic heterocycles. The molecule has 1 amide bonds. The van der Waals surface area contributed by atoms with Crippen LogP contribution in [0.1, 0.15) is 33.6 Å². The van der Waals surface area contributed by atoms with Crippen molar-refractivity contribution < 1.29 is 9.53 Å². The Bertz CT molecular complexity index is 271. The quantitative estimate of drug-likeness (QED) is 0.783. The highest BCUT2D eigenvalue weighted by molar-refractivity contribution is 5.76. The first-order valence-corrected chi connectivity index (χ1v) is 6.83. The summed E-state index contributed by atoms with van der Waals surface area (Å²) in [4.78, 5) is 14.1. The van der Waals surface area contributed by atoms with Gasteiger partial charge >= 0.3 is 0 Å². The van der Waals surface area contributed by atoms with Gasteiger partial charge in [-0.1, -0.05) is 13.8 Å². The van der Waals surface area contributed by atoms with Crippen molar-refractivity contribution in [1.82, 2.24) is 10.2 Å². The van der Waals surface area contributed by atoms with Crippen LogP contribution in [0.4, 0.5) is 0 Å². The maximum Gasteiger partial charge on any atom is 0.220 e. The number of nitrogens with one attached hydrogen (secondary N) is 1. The maximum absolute atomic E-state index is 12.0. The minimum Gasteiger partial charge on any atom is -0.381 e. The van der Waals surface area contributed by atoms with E-state index in [9.17, 15) is 4.79 Å². The summed E-state index contributed by atoms with van der Waals surface area (Å²) in [6, 6.07) is 0.176. The first-order valence-electron chi connectivity index (χ1n) is 6.83. The smallest absolute Gasteiger partial charge is 0.220 e. The Morgan fingerprint density at radius 2 is 2.17 bits per heavy atom. The molecule has 4 heteroatoms. The molecule has 1 rings (SSSR count). The predicted molar refractivity (Wildman–Crippen MR) is 73.5 cm³/mol. The first kappa shape index (κ1) is 15.4. The van der Waals surface area contributed by atoms with Gasteiger partial charge in [-0.15, -0.1) is 0 Å². The number of ether oxygens (including phenoxy) is 1. The van der Waals surface area contributed by atoms with Gasteiger partial charge in [0.15, 0.2) is 0 Å². The minimum absolute atomic E-state index is 0.0747. The van der Waals surface area contributed by atoms with Crippen molar-refractivity contribution in [2.75, 3.05) is 33.9 Å². The van der Waals surface area contributed by atoms with Crippen molar-refractivity contribution in [3.8, 4) is 0 Å². The third-order valence-electron chi connectivity index (χ3n) is 3.77. The van der Waals surface area contributed by atoms with E-state index in [2.05, 4.69) is 45.1 Å². The minimum atomic E-state index is 0.0747. The van der Waals surface area contributed by atoms with E-state index in [1.54, 1.807) is 0 Å². The van der Waals surface area contributed by atoms with Crippen LogP contribution >= 0.6 is 0 Å². The number of carbonyl (C=O) groups is 1. The van der Waals surface area contributed by atoms with Gasteiger partial charge in [-0.05, 0) is 38.8 Å². The summed E-state index contributed by atoms with van der Waals surface area (Å²) in [6.45, 7) is 8.98. The molecule has 0 aliphatic carbocycles. The van der Waals surface area contributed by atoms with E-state index in [0.29, 0.717) is 12.3 Å². The summed E-state index contributed by atoms with van der Waals surface area (Å²) >= 11 is 0. The van der Waals surface area contributed by atoms with E-state index in [-0.39, 0.29) is 17.4 Å². The van der Waals surface area contributed by atoms with Crippen LogP contribution < -0.4 is 5.32 Å². The van der Waals surface area contributed by atoms with Crippen LogP contribution in [0.5, 0.6) is 0 Å². The molecule has 0 radical (unpaired) electrons. The zero-order valence-corrected chi connectivity index (χ0v) is 12.5. The highest BCUT2D eigenvalue weighted by atomic mass is 16.5. The van der Waals surface area contributed by atoms with Gasteiger partial charge in [0.1, 0.15) is 0 Å². The zero-order valence-electron chi connectivity index (χ0n) is 12.5. The van der Waals surface area contributed by atoms with E-state index in [1.165, 1.54) is 0 Å². The van der Waals surface area contributed by atoms with Crippen molar-refractivity contribution >= 4 is 5.91 Å². The van der Waals surface area contributed by atoms with E-state index >= 15 is 0 Å². The number of rotatable bonds is 6. The molecule has 0 unspecified atom stereocenters. The predicted octanol–water partition coefficient (Wildman–Crippen LogP) is 1.51. The second-order valence-corrected chi connectivity index (χ2v) is 6.45. The SMILES string of the molecule is C[C@@H](NC(=O)C[C@@H]1CCOC1)C(C)(C)CN(C)C. The molecule has 1 aliphatic rings. The van der Waals surface area contributed by atoms with Crippen LogP contribution in [0.3, 0.4) is 0 Å². The summed E-state index contributed by atoms with van der Waals surface area (Å²) in [7, 11) is 4.12. The van der Waals surface area contributed by atoms with Crippen molar-refractivity contribution in [3.05, 3.63) is 0 Å². The maximum atomic E-state index is 12.0. The number of hydrogen-bond acceptors (Lipinski definition) is 3. The molecule has 0 aromatic carbocycles. The van der Waals surface area contributed by atoms with Gasteiger partial charge in [0.2, 0.25) is 5.91 Å². The average Bonchev–Trinajstić information content (AvgIpc) is 2.67. The van der Waals surface area contributed by atoms with Crippen molar-refractivity contribution in [1.29, 1.82) is 0 Å². The van der Waals surface area contributed by atoms with Gasteiger partial charge < -0.3 is 15.0 Å². The Hall–Kier alpha value is -0.610. The van der Waals surface area contributed by atoms with Gasteiger partial charge in [-0.3, -0.25) is 4.79 Å². The molecule has 4 nitrogen and oxygen atoms in total. The molecule has 1 fully saturated rings. The fourth-order valence-corrected chi connectivity index (χ4v) is 2.45. The van der Waals surface area contributed by atoms with Gasteiger partial charge in [0.25, 0.3) is 0 Å². The average molecular weight is 256 g/mol.